The van der Waals surface area contributed by atoms with E-state index in [2.05, 4.69) is 30.3 Å². The van der Waals surface area contributed by atoms with Gasteiger partial charge in [0.05, 0.1) is 0 Å². The van der Waals surface area contributed by atoms with Crippen LogP contribution in [0.4, 0.5) is 0 Å². The minimum absolute atomic E-state index is 0.388. The first-order valence-electron chi connectivity index (χ1n) is 6.36. The van der Waals surface area contributed by atoms with Crippen LogP contribution >= 0.6 is 0 Å². The second kappa shape index (κ2) is 2.77. The van der Waals surface area contributed by atoms with Gasteiger partial charge in [-0.05, 0) is 48.0 Å². The molecule has 5 unspecified atom stereocenters. The maximum Gasteiger partial charge on any atom is 0.123 e. The Labute approximate surface area is 95.9 Å². The molecule has 1 nitrogen and oxygen atoms in total. The molecular formula is C15H16O. The van der Waals surface area contributed by atoms with E-state index in [9.17, 15) is 4.79 Å². The summed E-state index contributed by atoms with van der Waals surface area (Å²) in [6, 6.07) is 10.9. The van der Waals surface area contributed by atoms with Crippen molar-refractivity contribution >= 4 is 6.29 Å². The molecular weight excluding hydrogens is 196 g/mol. The molecule has 5 atom stereocenters. The lowest BCUT2D eigenvalue weighted by atomic mass is 9.60. The Bertz CT molecular complexity index is 438. The summed E-state index contributed by atoms with van der Waals surface area (Å²) in [7, 11) is 0. The summed E-state index contributed by atoms with van der Waals surface area (Å²) >= 11 is 0. The molecule has 0 aromatic heterocycles. The topological polar surface area (TPSA) is 17.1 Å². The summed E-state index contributed by atoms with van der Waals surface area (Å²) in [6.07, 6.45) is 5.04. The van der Waals surface area contributed by atoms with Crippen LogP contribution in [0.25, 0.3) is 0 Å². The molecule has 1 heteroatoms. The lowest BCUT2D eigenvalue weighted by molar-refractivity contribution is -0.111. The molecule has 0 radical (unpaired) electrons. The number of rotatable bonds is 2. The normalized spacial score (nSPS) is 47.8. The zero-order valence-electron chi connectivity index (χ0n) is 9.30. The average molecular weight is 212 g/mol. The fourth-order valence-electron chi connectivity index (χ4n) is 4.68. The Morgan fingerprint density at radius 2 is 2.00 bits per heavy atom. The van der Waals surface area contributed by atoms with E-state index in [-0.39, 0.29) is 0 Å². The summed E-state index contributed by atoms with van der Waals surface area (Å²) in [6.45, 7) is 0. The highest BCUT2D eigenvalue weighted by atomic mass is 16.1. The first-order valence-corrected chi connectivity index (χ1v) is 6.36. The quantitative estimate of drug-likeness (QED) is 0.689. The Hall–Kier alpha value is -1.11. The van der Waals surface area contributed by atoms with Crippen LogP contribution in [0, 0.1) is 23.2 Å². The van der Waals surface area contributed by atoms with Gasteiger partial charge in [0, 0.05) is 5.92 Å². The molecule has 0 N–H and O–H groups in total. The number of hydrogen-bond acceptors (Lipinski definition) is 1. The van der Waals surface area contributed by atoms with Crippen molar-refractivity contribution < 1.29 is 4.79 Å². The Morgan fingerprint density at radius 1 is 1.19 bits per heavy atom. The van der Waals surface area contributed by atoms with Gasteiger partial charge in [-0.2, -0.15) is 0 Å². The smallest absolute Gasteiger partial charge is 0.123 e. The molecule has 0 bridgehead atoms. The summed E-state index contributed by atoms with van der Waals surface area (Å²) in [5.74, 6) is 2.74. The number of hydrogen-bond donors (Lipinski definition) is 0. The molecule has 16 heavy (non-hydrogen) atoms. The van der Waals surface area contributed by atoms with Crippen molar-refractivity contribution in [2.45, 2.75) is 25.2 Å². The Kier molecular flexibility index (Phi) is 1.55. The predicted octanol–water partition coefficient (Wildman–Crippen LogP) is 3.02. The van der Waals surface area contributed by atoms with Gasteiger partial charge in [-0.1, -0.05) is 30.3 Å². The van der Waals surface area contributed by atoms with Crippen LogP contribution in [-0.2, 0) is 4.79 Å². The maximum absolute atomic E-state index is 11.0. The van der Waals surface area contributed by atoms with E-state index in [1.807, 2.05) is 0 Å². The van der Waals surface area contributed by atoms with Crippen molar-refractivity contribution in [1.29, 1.82) is 0 Å². The van der Waals surface area contributed by atoms with Crippen molar-refractivity contribution in [3.05, 3.63) is 35.9 Å². The van der Waals surface area contributed by atoms with Crippen molar-refractivity contribution in [3.63, 3.8) is 0 Å². The van der Waals surface area contributed by atoms with Gasteiger partial charge in [0.25, 0.3) is 0 Å². The van der Waals surface area contributed by atoms with Gasteiger partial charge in [0.1, 0.15) is 6.29 Å². The van der Waals surface area contributed by atoms with E-state index in [4.69, 9.17) is 0 Å². The van der Waals surface area contributed by atoms with Crippen LogP contribution in [0.3, 0.4) is 0 Å². The lowest BCUT2D eigenvalue weighted by Crippen LogP contribution is -2.35. The molecule has 3 saturated carbocycles. The van der Waals surface area contributed by atoms with Crippen molar-refractivity contribution in [2.75, 3.05) is 0 Å². The highest BCUT2D eigenvalue weighted by Gasteiger charge is 2.75. The number of benzene rings is 1. The molecule has 3 aliphatic carbocycles. The van der Waals surface area contributed by atoms with Crippen molar-refractivity contribution in [1.82, 2.24) is 0 Å². The SMILES string of the molecule is O=CC1CC2CC(c3ccccc3)C23CC13. The molecule has 82 valence electrons. The lowest BCUT2D eigenvalue weighted by Gasteiger charge is -2.44. The van der Waals surface area contributed by atoms with E-state index in [0.717, 1.165) is 17.8 Å². The average Bonchev–Trinajstić information content (AvgIpc) is 3.03. The number of carbonyl (C=O) groups is 1. The zero-order valence-corrected chi connectivity index (χ0v) is 9.30. The van der Waals surface area contributed by atoms with Crippen LogP contribution < -0.4 is 0 Å². The highest BCUT2D eigenvalue weighted by molar-refractivity contribution is 5.58. The van der Waals surface area contributed by atoms with Gasteiger partial charge in [0.2, 0.25) is 0 Å². The molecule has 4 rings (SSSR count). The monoisotopic (exact) mass is 212 g/mol. The standard InChI is InChI=1S/C15H16O/c16-9-11-6-12-7-13(15(12)8-14(11)15)10-4-2-1-3-5-10/h1-5,9,11-14H,6-8H2. The summed E-state index contributed by atoms with van der Waals surface area (Å²) in [4.78, 5) is 11.0. The second-order valence-corrected chi connectivity index (χ2v) is 5.85. The molecule has 0 heterocycles. The summed E-state index contributed by atoms with van der Waals surface area (Å²) in [5, 5.41) is 0. The van der Waals surface area contributed by atoms with Gasteiger partial charge in [-0.3, -0.25) is 0 Å². The fourth-order valence-corrected chi connectivity index (χ4v) is 4.68. The Balaban J connectivity index is 1.66. The maximum atomic E-state index is 11.0. The zero-order chi connectivity index (χ0) is 10.8. The molecule has 1 aromatic rings. The third-order valence-corrected chi connectivity index (χ3v) is 5.48. The van der Waals surface area contributed by atoms with Crippen LogP contribution in [0.15, 0.2) is 30.3 Å². The predicted molar refractivity (Wildman–Crippen MR) is 62.0 cm³/mol. The van der Waals surface area contributed by atoms with E-state index in [1.165, 1.54) is 31.1 Å². The second-order valence-electron chi connectivity index (χ2n) is 5.85. The minimum Gasteiger partial charge on any atom is -0.303 e. The van der Waals surface area contributed by atoms with Gasteiger partial charge < -0.3 is 4.79 Å². The van der Waals surface area contributed by atoms with Crippen LogP contribution in [0.5, 0.6) is 0 Å². The van der Waals surface area contributed by atoms with Crippen LogP contribution in [-0.4, -0.2) is 6.29 Å². The van der Waals surface area contributed by atoms with E-state index in [1.54, 1.807) is 0 Å². The number of aldehydes is 1. The fraction of sp³-hybridized carbons (Fsp3) is 0.533. The minimum atomic E-state index is 0.388. The first-order chi connectivity index (χ1) is 7.86. The molecule has 0 saturated heterocycles. The van der Waals surface area contributed by atoms with E-state index in [0.29, 0.717) is 11.3 Å². The molecule has 1 spiro atoms. The summed E-state index contributed by atoms with van der Waals surface area (Å²) < 4.78 is 0. The Morgan fingerprint density at radius 3 is 2.69 bits per heavy atom. The third-order valence-electron chi connectivity index (χ3n) is 5.48. The highest BCUT2D eigenvalue weighted by Crippen LogP contribution is 2.82. The molecule has 0 aliphatic heterocycles. The molecule has 3 aliphatic rings. The number of carbonyl (C=O) groups excluding carboxylic acids is 1. The first kappa shape index (κ1) is 8.98. The van der Waals surface area contributed by atoms with Gasteiger partial charge >= 0.3 is 0 Å². The van der Waals surface area contributed by atoms with Gasteiger partial charge in [-0.15, -0.1) is 0 Å². The van der Waals surface area contributed by atoms with Crippen LogP contribution in [0.2, 0.25) is 0 Å². The molecule has 0 amide bonds. The summed E-state index contributed by atoms with van der Waals surface area (Å²) in [5.41, 5.74) is 2.07. The largest absolute Gasteiger partial charge is 0.303 e. The third kappa shape index (κ3) is 0.865. The van der Waals surface area contributed by atoms with E-state index < -0.39 is 0 Å². The molecule has 3 fully saturated rings. The van der Waals surface area contributed by atoms with Crippen molar-refractivity contribution in [3.8, 4) is 0 Å². The molecule has 1 aromatic carbocycles. The van der Waals surface area contributed by atoms with Crippen molar-refractivity contribution in [2.24, 2.45) is 23.2 Å². The van der Waals surface area contributed by atoms with Gasteiger partial charge in [0.15, 0.2) is 0 Å². The van der Waals surface area contributed by atoms with Gasteiger partial charge in [-0.25, -0.2) is 0 Å². The van der Waals surface area contributed by atoms with Crippen LogP contribution in [0.1, 0.15) is 30.7 Å². The van der Waals surface area contributed by atoms with E-state index >= 15 is 0 Å².